The van der Waals surface area contributed by atoms with Gasteiger partial charge < -0.3 is 15.1 Å². The summed E-state index contributed by atoms with van der Waals surface area (Å²) in [5.41, 5.74) is 1.37. The summed E-state index contributed by atoms with van der Waals surface area (Å²) in [6.07, 6.45) is 9.69. The minimum Gasteiger partial charge on any atom is -0.335 e. The third kappa shape index (κ3) is 7.76. The minimum atomic E-state index is -0.596. The van der Waals surface area contributed by atoms with Crippen molar-refractivity contribution in [3.8, 4) is 0 Å². The number of rotatable bonds is 9. The van der Waals surface area contributed by atoms with Crippen LogP contribution in [-0.4, -0.2) is 48.1 Å². The van der Waals surface area contributed by atoms with Crippen LogP contribution in [0, 0.1) is 17.6 Å². The highest BCUT2D eigenvalue weighted by atomic mass is 19.1. The molecule has 4 nitrogen and oxygen atoms in total. The molecular formula is C29H39F2N3O. The molecule has 2 aromatic rings. The van der Waals surface area contributed by atoms with Crippen molar-refractivity contribution in [2.45, 2.75) is 70.4 Å². The second-order valence-corrected chi connectivity index (χ2v) is 10.2. The average molecular weight is 484 g/mol. The fourth-order valence-electron chi connectivity index (χ4n) is 5.49. The van der Waals surface area contributed by atoms with E-state index >= 15 is 0 Å². The molecular weight excluding hydrogens is 444 g/mol. The van der Waals surface area contributed by atoms with E-state index in [4.69, 9.17) is 0 Å². The van der Waals surface area contributed by atoms with Gasteiger partial charge in [0, 0.05) is 18.2 Å². The zero-order valence-electron chi connectivity index (χ0n) is 20.7. The molecule has 2 amide bonds. The fraction of sp³-hybridized carbons (Fsp3) is 0.552. The summed E-state index contributed by atoms with van der Waals surface area (Å²) < 4.78 is 28.7. The normalized spacial score (nSPS) is 17.9. The Balaban J connectivity index is 1.28. The summed E-state index contributed by atoms with van der Waals surface area (Å²) in [4.78, 5) is 17.1. The molecule has 0 atom stereocenters. The number of nitrogens with zero attached hydrogens (tertiary/aromatic N) is 2. The van der Waals surface area contributed by atoms with Crippen molar-refractivity contribution >= 4 is 6.03 Å². The van der Waals surface area contributed by atoms with Crippen LogP contribution in [0.2, 0.25) is 0 Å². The quantitative estimate of drug-likeness (QED) is 0.464. The predicted octanol–water partition coefficient (Wildman–Crippen LogP) is 6.15. The number of carbonyl (C=O) groups is 1. The van der Waals surface area contributed by atoms with Crippen LogP contribution in [0.25, 0.3) is 0 Å². The molecule has 35 heavy (non-hydrogen) atoms. The van der Waals surface area contributed by atoms with Gasteiger partial charge in [-0.1, -0.05) is 55.7 Å². The van der Waals surface area contributed by atoms with Crippen molar-refractivity contribution < 1.29 is 13.6 Å². The smallest absolute Gasteiger partial charge is 0.317 e. The number of hydrogen-bond acceptors (Lipinski definition) is 2. The Morgan fingerprint density at radius 2 is 1.60 bits per heavy atom. The maximum atomic E-state index is 14.3. The molecule has 6 heteroatoms. The first-order valence-electron chi connectivity index (χ1n) is 13.3. The van der Waals surface area contributed by atoms with E-state index in [0.29, 0.717) is 6.54 Å². The monoisotopic (exact) mass is 483 g/mol. The summed E-state index contributed by atoms with van der Waals surface area (Å²) in [6, 6.07) is 14.5. The molecule has 0 radical (unpaired) electrons. The first-order valence-corrected chi connectivity index (χ1v) is 13.3. The Kier molecular flexibility index (Phi) is 9.52. The zero-order chi connectivity index (χ0) is 24.5. The highest BCUT2D eigenvalue weighted by Gasteiger charge is 2.23. The number of urea groups is 1. The molecule has 1 heterocycles. The third-order valence-corrected chi connectivity index (χ3v) is 7.61. The maximum Gasteiger partial charge on any atom is 0.317 e. The van der Waals surface area contributed by atoms with Crippen molar-refractivity contribution in [1.29, 1.82) is 0 Å². The van der Waals surface area contributed by atoms with E-state index in [2.05, 4.69) is 40.5 Å². The van der Waals surface area contributed by atoms with E-state index in [1.165, 1.54) is 43.0 Å². The lowest BCUT2D eigenvalue weighted by molar-refractivity contribution is 0.163. The lowest BCUT2D eigenvalue weighted by Gasteiger charge is -2.33. The molecule has 4 rings (SSSR count). The fourth-order valence-corrected chi connectivity index (χ4v) is 5.49. The van der Waals surface area contributed by atoms with Gasteiger partial charge in [-0.2, -0.15) is 0 Å². The number of piperidine rings is 1. The molecule has 0 bridgehead atoms. The Morgan fingerprint density at radius 3 is 2.29 bits per heavy atom. The lowest BCUT2D eigenvalue weighted by atomic mass is 9.90. The first kappa shape index (κ1) is 25.6. The molecule has 2 fully saturated rings. The third-order valence-electron chi connectivity index (χ3n) is 7.61. The molecule has 1 saturated heterocycles. The maximum absolute atomic E-state index is 14.3. The van der Waals surface area contributed by atoms with Gasteiger partial charge in [-0.15, -0.1) is 0 Å². The number of nitrogens with one attached hydrogen (secondary N) is 1. The van der Waals surface area contributed by atoms with Gasteiger partial charge in [0.2, 0.25) is 0 Å². The molecule has 1 aliphatic heterocycles. The highest BCUT2D eigenvalue weighted by Crippen LogP contribution is 2.22. The van der Waals surface area contributed by atoms with Gasteiger partial charge in [0.15, 0.2) is 0 Å². The topological polar surface area (TPSA) is 35.6 Å². The van der Waals surface area contributed by atoms with E-state index in [1.807, 2.05) is 0 Å². The number of carbonyl (C=O) groups excluding carboxylic acids is 1. The van der Waals surface area contributed by atoms with Crippen LogP contribution in [-0.2, 0) is 13.0 Å². The summed E-state index contributed by atoms with van der Waals surface area (Å²) in [7, 11) is 0. The number of likely N-dealkylation sites (tertiary alicyclic amines) is 1. The summed E-state index contributed by atoms with van der Waals surface area (Å²) in [6.45, 7) is 3.46. The van der Waals surface area contributed by atoms with E-state index in [0.717, 1.165) is 64.1 Å². The second-order valence-electron chi connectivity index (χ2n) is 10.2. The highest BCUT2D eigenvalue weighted by molar-refractivity contribution is 5.74. The van der Waals surface area contributed by atoms with Gasteiger partial charge in [-0.3, -0.25) is 0 Å². The van der Waals surface area contributed by atoms with Crippen LogP contribution in [0.15, 0.2) is 48.5 Å². The van der Waals surface area contributed by atoms with Gasteiger partial charge in [-0.05, 0) is 81.8 Å². The summed E-state index contributed by atoms with van der Waals surface area (Å²) >= 11 is 0. The van der Waals surface area contributed by atoms with Gasteiger partial charge in [0.1, 0.15) is 11.6 Å². The minimum absolute atomic E-state index is 0.0342. The van der Waals surface area contributed by atoms with Gasteiger partial charge in [0.25, 0.3) is 0 Å². The lowest BCUT2D eigenvalue weighted by Crippen LogP contribution is -2.46. The van der Waals surface area contributed by atoms with Gasteiger partial charge in [0.05, 0.1) is 6.54 Å². The second kappa shape index (κ2) is 13.0. The van der Waals surface area contributed by atoms with Crippen LogP contribution in [0.4, 0.5) is 13.6 Å². The van der Waals surface area contributed by atoms with Gasteiger partial charge >= 0.3 is 6.03 Å². The van der Waals surface area contributed by atoms with Crippen LogP contribution in [0.5, 0.6) is 0 Å². The number of hydrogen-bond donors (Lipinski definition) is 1. The SMILES string of the molecule is O=C(NC1CCCCC1)N(CCCN1CCC(Cc2ccccc2)CC1)Cc1c(F)cccc1F. The van der Waals surface area contributed by atoms with Gasteiger partial charge in [-0.25, -0.2) is 13.6 Å². The number of benzene rings is 2. The van der Waals surface area contributed by atoms with Crippen molar-refractivity contribution in [1.82, 2.24) is 15.1 Å². The molecule has 0 spiro atoms. The summed E-state index contributed by atoms with van der Waals surface area (Å²) in [5.74, 6) is -0.475. The van der Waals surface area contributed by atoms with Crippen molar-refractivity contribution in [2.24, 2.45) is 5.92 Å². The largest absolute Gasteiger partial charge is 0.335 e. The van der Waals surface area contributed by atoms with Crippen LogP contribution >= 0.6 is 0 Å². The van der Waals surface area contributed by atoms with E-state index < -0.39 is 11.6 Å². The number of halogens is 2. The average Bonchev–Trinajstić information content (AvgIpc) is 2.87. The summed E-state index contributed by atoms with van der Waals surface area (Å²) in [5, 5.41) is 3.12. The number of amides is 2. The molecule has 1 aliphatic carbocycles. The van der Waals surface area contributed by atoms with Crippen LogP contribution in [0.1, 0.15) is 62.5 Å². The van der Waals surface area contributed by atoms with Crippen molar-refractivity contribution in [3.63, 3.8) is 0 Å². The molecule has 2 aliphatic rings. The van der Waals surface area contributed by atoms with E-state index in [9.17, 15) is 13.6 Å². The molecule has 1 saturated carbocycles. The van der Waals surface area contributed by atoms with E-state index in [-0.39, 0.29) is 24.2 Å². The van der Waals surface area contributed by atoms with E-state index in [1.54, 1.807) is 4.90 Å². The Bertz CT molecular complexity index is 905. The Hall–Kier alpha value is -2.47. The predicted molar refractivity (Wildman–Crippen MR) is 136 cm³/mol. The standard InChI is InChI=1S/C29H39F2N3O/c30-27-13-7-14-28(31)26(27)22-34(29(35)32-25-11-5-2-6-12-25)18-8-17-33-19-15-24(16-20-33)21-23-9-3-1-4-10-23/h1,3-4,7,9-10,13-14,24-25H,2,5-6,8,11-12,15-22H2,(H,32,35). The molecule has 0 unspecified atom stereocenters. The first-order chi connectivity index (χ1) is 17.1. The zero-order valence-corrected chi connectivity index (χ0v) is 20.7. The van der Waals surface area contributed by atoms with Crippen molar-refractivity contribution in [3.05, 3.63) is 71.3 Å². The van der Waals surface area contributed by atoms with Crippen LogP contribution in [0.3, 0.4) is 0 Å². The Morgan fingerprint density at radius 1 is 0.914 bits per heavy atom. The Labute approximate surface area is 208 Å². The molecule has 1 N–H and O–H groups in total. The molecule has 190 valence electrons. The molecule has 2 aromatic carbocycles. The molecule has 0 aromatic heterocycles. The van der Waals surface area contributed by atoms with Crippen molar-refractivity contribution in [2.75, 3.05) is 26.2 Å². The van der Waals surface area contributed by atoms with Crippen LogP contribution < -0.4 is 5.32 Å².